The Labute approximate surface area is 111 Å². The van der Waals surface area contributed by atoms with E-state index in [0.717, 1.165) is 0 Å². The van der Waals surface area contributed by atoms with Crippen LogP contribution in [-0.4, -0.2) is 27.2 Å². The van der Waals surface area contributed by atoms with Crippen LogP contribution in [0.3, 0.4) is 0 Å². The molecule has 0 amide bonds. The summed E-state index contributed by atoms with van der Waals surface area (Å²) in [6.07, 6.45) is 0.320. The number of anilines is 1. The van der Waals surface area contributed by atoms with Gasteiger partial charge in [0.15, 0.2) is 0 Å². The van der Waals surface area contributed by atoms with E-state index >= 15 is 0 Å². The quantitative estimate of drug-likeness (QED) is 0.722. The summed E-state index contributed by atoms with van der Waals surface area (Å²) in [7, 11) is -2.32. The van der Waals surface area contributed by atoms with Gasteiger partial charge in [-0.05, 0) is 18.2 Å². The van der Waals surface area contributed by atoms with E-state index in [9.17, 15) is 8.42 Å². The number of benzene rings is 1. The van der Waals surface area contributed by atoms with E-state index in [1.807, 2.05) is 0 Å². The van der Waals surface area contributed by atoms with E-state index < -0.39 is 10.2 Å². The first-order chi connectivity index (χ1) is 8.48. The average molecular weight is 289 g/mol. The molecule has 0 fully saturated rings. The maximum atomic E-state index is 11.4. The van der Waals surface area contributed by atoms with E-state index in [0.29, 0.717) is 22.7 Å². The van der Waals surface area contributed by atoms with Crippen LogP contribution in [-0.2, 0) is 10.2 Å². The highest BCUT2D eigenvalue weighted by molar-refractivity contribution is 7.90. The standard InChI is InChI=1S/C11H13ClN2O3S/c1-13-18(16,17)14-11-8-10(12)6-5-9(11)4-2-3-7-15/h5-6,8,13-15H,3,7H2,1H3. The number of aliphatic hydroxyl groups excluding tert-OH is 1. The minimum Gasteiger partial charge on any atom is -0.395 e. The first-order valence-electron chi connectivity index (χ1n) is 5.09. The highest BCUT2D eigenvalue weighted by Gasteiger charge is 2.09. The predicted octanol–water partition coefficient (Wildman–Crippen LogP) is 0.950. The minimum absolute atomic E-state index is 0.0435. The van der Waals surface area contributed by atoms with Gasteiger partial charge in [-0.3, -0.25) is 4.72 Å². The van der Waals surface area contributed by atoms with Crippen molar-refractivity contribution in [2.75, 3.05) is 18.4 Å². The zero-order chi connectivity index (χ0) is 13.6. The third-order valence-electron chi connectivity index (χ3n) is 1.95. The summed E-state index contributed by atoms with van der Waals surface area (Å²) in [5.74, 6) is 5.48. The monoisotopic (exact) mass is 288 g/mol. The largest absolute Gasteiger partial charge is 0.395 e. The molecule has 0 aliphatic rings. The summed E-state index contributed by atoms with van der Waals surface area (Å²) in [5.41, 5.74) is 0.786. The molecule has 0 unspecified atom stereocenters. The van der Waals surface area contributed by atoms with E-state index in [4.69, 9.17) is 16.7 Å². The van der Waals surface area contributed by atoms with Crippen LogP contribution >= 0.6 is 11.6 Å². The normalized spacial score (nSPS) is 10.6. The van der Waals surface area contributed by atoms with Crippen molar-refractivity contribution < 1.29 is 13.5 Å². The highest BCUT2D eigenvalue weighted by atomic mass is 35.5. The van der Waals surface area contributed by atoms with Gasteiger partial charge in [0.25, 0.3) is 10.2 Å². The third-order valence-corrected chi connectivity index (χ3v) is 3.22. The molecule has 0 radical (unpaired) electrons. The average Bonchev–Trinajstić information content (AvgIpc) is 2.32. The molecule has 1 rings (SSSR count). The fourth-order valence-corrected chi connectivity index (χ4v) is 1.85. The summed E-state index contributed by atoms with van der Waals surface area (Å²) in [4.78, 5) is 0. The molecule has 18 heavy (non-hydrogen) atoms. The van der Waals surface area contributed by atoms with Gasteiger partial charge < -0.3 is 5.11 Å². The van der Waals surface area contributed by atoms with Gasteiger partial charge in [-0.25, -0.2) is 4.72 Å². The molecule has 0 bridgehead atoms. The summed E-state index contributed by atoms with van der Waals surface area (Å²) in [6.45, 7) is -0.0435. The Morgan fingerprint density at radius 3 is 2.78 bits per heavy atom. The lowest BCUT2D eigenvalue weighted by atomic mass is 10.2. The molecule has 0 atom stereocenters. The second-order valence-corrected chi connectivity index (χ2v) is 5.33. The van der Waals surface area contributed by atoms with E-state index in [1.165, 1.54) is 13.1 Å². The van der Waals surface area contributed by atoms with Gasteiger partial charge in [0.05, 0.1) is 12.3 Å². The smallest absolute Gasteiger partial charge is 0.298 e. The van der Waals surface area contributed by atoms with Crippen LogP contribution in [0.15, 0.2) is 18.2 Å². The Morgan fingerprint density at radius 2 is 2.17 bits per heavy atom. The first kappa shape index (κ1) is 14.8. The van der Waals surface area contributed by atoms with Crippen LogP contribution in [0, 0.1) is 11.8 Å². The molecule has 0 heterocycles. The van der Waals surface area contributed by atoms with E-state index in [-0.39, 0.29) is 6.61 Å². The van der Waals surface area contributed by atoms with Crippen molar-refractivity contribution in [3.8, 4) is 11.8 Å². The topological polar surface area (TPSA) is 78.4 Å². The predicted molar refractivity (Wildman–Crippen MR) is 71.6 cm³/mol. The Bertz CT molecular complexity index is 576. The molecule has 1 aromatic carbocycles. The fraction of sp³-hybridized carbons (Fsp3) is 0.273. The van der Waals surface area contributed by atoms with Crippen LogP contribution in [0.4, 0.5) is 5.69 Å². The summed E-state index contributed by atoms with van der Waals surface area (Å²) in [5, 5.41) is 9.04. The summed E-state index contributed by atoms with van der Waals surface area (Å²) < 4.78 is 27.3. The molecule has 0 saturated carbocycles. The first-order valence-corrected chi connectivity index (χ1v) is 6.95. The van der Waals surface area contributed by atoms with Crippen LogP contribution in [0.5, 0.6) is 0 Å². The van der Waals surface area contributed by atoms with Crippen LogP contribution in [0.1, 0.15) is 12.0 Å². The lowest BCUT2D eigenvalue weighted by Crippen LogP contribution is -2.26. The van der Waals surface area contributed by atoms with Crippen molar-refractivity contribution >= 4 is 27.5 Å². The SMILES string of the molecule is CNS(=O)(=O)Nc1cc(Cl)ccc1C#CCCO. The molecule has 1 aromatic rings. The Hall–Kier alpha value is -1.26. The molecular formula is C11H13ClN2O3S. The molecule has 0 aliphatic carbocycles. The number of hydrogen-bond acceptors (Lipinski definition) is 3. The van der Waals surface area contributed by atoms with Gasteiger partial charge in [0.1, 0.15) is 0 Å². The molecular weight excluding hydrogens is 276 g/mol. The fourth-order valence-electron chi connectivity index (χ4n) is 1.12. The molecule has 3 N–H and O–H groups in total. The number of hydrogen-bond donors (Lipinski definition) is 3. The van der Waals surface area contributed by atoms with Crippen LogP contribution < -0.4 is 9.44 Å². The lowest BCUT2D eigenvalue weighted by molar-refractivity contribution is 0.305. The van der Waals surface area contributed by atoms with Crippen molar-refractivity contribution in [1.82, 2.24) is 4.72 Å². The molecule has 0 aliphatic heterocycles. The number of nitrogens with one attached hydrogen (secondary N) is 2. The van der Waals surface area contributed by atoms with Crippen molar-refractivity contribution in [1.29, 1.82) is 0 Å². The Balaban J connectivity index is 3.09. The molecule has 0 saturated heterocycles. The number of halogens is 1. The zero-order valence-corrected chi connectivity index (χ0v) is 11.3. The Kier molecular flexibility index (Phi) is 5.44. The third kappa shape index (κ3) is 4.55. The van der Waals surface area contributed by atoms with Gasteiger partial charge in [0.2, 0.25) is 0 Å². The molecule has 7 heteroatoms. The molecule has 0 aromatic heterocycles. The van der Waals surface area contributed by atoms with Crippen LogP contribution in [0.2, 0.25) is 5.02 Å². The zero-order valence-electron chi connectivity index (χ0n) is 9.70. The second kappa shape index (κ2) is 6.61. The van der Waals surface area contributed by atoms with Crippen molar-refractivity contribution in [2.45, 2.75) is 6.42 Å². The van der Waals surface area contributed by atoms with Gasteiger partial charge in [-0.2, -0.15) is 8.42 Å². The van der Waals surface area contributed by atoms with Crippen LogP contribution in [0.25, 0.3) is 0 Å². The summed E-state index contributed by atoms with van der Waals surface area (Å²) >= 11 is 5.81. The Morgan fingerprint density at radius 1 is 1.44 bits per heavy atom. The maximum absolute atomic E-state index is 11.4. The van der Waals surface area contributed by atoms with Gasteiger partial charge in [-0.1, -0.05) is 23.4 Å². The van der Waals surface area contributed by atoms with Crippen molar-refractivity contribution in [3.63, 3.8) is 0 Å². The van der Waals surface area contributed by atoms with Gasteiger partial charge >= 0.3 is 0 Å². The number of aliphatic hydroxyl groups is 1. The molecule has 0 spiro atoms. The maximum Gasteiger partial charge on any atom is 0.298 e. The molecule has 5 nitrogen and oxygen atoms in total. The van der Waals surface area contributed by atoms with Gasteiger partial charge in [-0.15, -0.1) is 0 Å². The molecule has 98 valence electrons. The second-order valence-electron chi connectivity index (χ2n) is 3.27. The highest BCUT2D eigenvalue weighted by Crippen LogP contribution is 2.21. The minimum atomic E-state index is -3.62. The van der Waals surface area contributed by atoms with Crippen molar-refractivity contribution in [2.24, 2.45) is 0 Å². The number of rotatable bonds is 4. The lowest BCUT2D eigenvalue weighted by Gasteiger charge is -2.08. The van der Waals surface area contributed by atoms with E-state index in [1.54, 1.807) is 12.1 Å². The van der Waals surface area contributed by atoms with E-state index in [2.05, 4.69) is 21.3 Å². The van der Waals surface area contributed by atoms with Gasteiger partial charge in [0, 0.05) is 24.1 Å². The summed E-state index contributed by atoms with van der Waals surface area (Å²) in [6, 6.07) is 4.70. The van der Waals surface area contributed by atoms with Crippen molar-refractivity contribution in [3.05, 3.63) is 28.8 Å².